The van der Waals surface area contributed by atoms with Crippen LogP contribution in [-0.4, -0.2) is 30.6 Å². The van der Waals surface area contributed by atoms with Crippen LogP contribution in [0.25, 0.3) is 11.3 Å². The van der Waals surface area contributed by atoms with Gasteiger partial charge in [-0.1, -0.05) is 33.6 Å². The van der Waals surface area contributed by atoms with E-state index in [-0.39, 0.29) is 16.3 Å². The van der Waals surface area contributed by atoms with Crippen molar-refractivity contribution in [3.8, 4) is 22.8 Å². The smallest absolute Gasteiger partial charge is 0.308 e. The Morgan fingerprint density at radius 1 is 1.46 bits per heavy atom. The monoisotopic (exact) mass is 469 g/mol. The van der Waals surface area contributed by atoms with Crippen molar-refractivity contribution in [3.63, 3.8) is 0 Å². The van der Waals surface area contributed by atoms with E-state index >= 15 is 0 Å². The molecule has 0 aliphatic rings. The number of carbonyl (C=O) groups excluding carboxylic acids is 1. The largest absolute Gasteiger partial charge is 0.502 e. The molecule has 0 radical (unpaired) electrons. The number of hydrogen-bond acceptors (Lipinski definition) is 6. The minimum atomic E-state index is -3.85. The van der Waals surface area contributed by atoms with Crippen LogP contribution in [0.2, 0.25) is 5.02 Å². The van der Waals surface area contributed by atoms with Crippen LogP contribution in [0.4, 0.5) is 10.3 Å². The van der Waals surface area contributed by atoms with E-state index in [0.717, 1.165) is 6.92 Å². The van der Waals surface area contributed by atoms with E-state index in [1.807, 2.05) is 0 Å². The van der Waals surface area contributed by atoms with E-state index in [1.165, 1.54) is 18.2 Å². The van der Waals surface area contributed by atoms with Gasteiger partial charge in [-0.3, -0.25) is 4.79 Å². The number of ether oxygens (including phenoxy) is 1. The fourth-order valence-corrected chi connectivity index (χ4v) is 3.88. The van der Waals surface area contributed by atoms with Crippen LogP contribution in [0.5, 0.6) is 11.5 Å². The molecule has 2 rings (SSSR count). The van der Waals surface area contributed by atoms with Gasteiger partial charge in [-0.05, 0) is 18.6 Å². The summed E-state index contributed by atoms with van der Waals surface area (Å²) in [6.45, 7) is 1.05. The summed E-state index contributed by atoms with van der Waals surface area (Å²) in [5.41, 5.74) is -0.227. The van der Waals surface area contributed by atoms with Gasteiger partial charge in [-0.25, -0.2) is 17.5 Å². The van der Waals surface area contributed by atoms with Gasteiger partial charge in [0.25, 0.3) is 5.88 Å². The third-order valence-corrected chi connectivity index (χ3v) is 5.25. The summed E-state index contributed by atoms with van der Waals surface area (Å²) in [4.78, 5) is 11.3. The van der Waals surface area contributed by atoms with Gasteiger partial charge in [0.15, 0.2) is 11.6 Å². The molecule has 0 spiro atoms. The second-order valence-corrected chi connectivity index (χ2v) is 8.14. The highest BCUT2D eigenvalue weighted by atomic mass is 79.9. The SMILES string of the molecule is CC(=O)Oc1c(NS(=O)(=O)CCCBr)oc(-c2cccc(Cl)c2F)c1O. The van der Waals surface area contributed by atoms with Crippen LogP contribution < -0.4 is 9.46 Å². The number of rotatable bonds is 7. The van der Waals surface area contributed by atoms with Gasteiger partial charge in [0.05, 0.1) is 16.3 Å². The zero-order chi connectivity index (χ0) is 19.5. The maximum Gasteiger partial charge on any atom is 0.308 e. The van der Waals surface area contributed by atoms with Crippen molar-refractivity contribution < 1.29 is 31.9 Å². The summed E-state index contributed by atoms with van der Waals surface area (Å²) in [7, 11) is -3.85. The van der Waals surface area contributed by atoms with Gasteiger partial charge < -0.3 is 14.3 Å². The van der Waals surface area contributed by atoms with Crippen molar-refractivity contribution in [3.05, 3.63) is 29.0 Å². The molecule has 0 aliphatic carbocycles. The zero-order valence-corrected chi connectivity index (χ0v) is 16.5. The Labute approximate surface area is 162 Å². The number of alkyl halides is 1. The van der Waals surface area contributed by atoms with Crippen molar-refractivity contribution in [2.75, 3.05) is 15.8 Å². The highest BCUT2D eigenvalue weighted by Gasteiger charge is 2.28. The number of aromatic hydroxyl groups is 1. The van der Waals surface area contributed by atoms with Crippen LogP contribution in [-0.2, 0) is 14.8 Å². The molecular weight excluding hydrogens is 457 g/mol. The molecule has 142 valence electrons. The van der Waals surface area contributed by atoms with Crippen molar-refractivity contribution >= 4 is 49.4 Å². The molecule has 0 aliphatic heterocycles. The lowest BCUT2D eigenvalue weighted by molar-refractivity contribution is -0.131. The van der Waals surface area contributed by atoms with Gasteiger partial charge in [0.1, 0.15) is 0 Å². The van der Waals surface area contributed by atoms with E-state index in [4.69, 9.17) is 20.8 Å². The van der Waals surface area contributed by atoms with Gasteiger partial charge in [0, 0.05) is 12.3 Å². The lowest BCUT2D eigenvalue weighted by Crippen LogP contribution is -2.17. The molecule has 2 N–H and O–H groups in total. The van der Waals surface area contributed by atoms with Gasteiger partial charge in [-0.2, -0.15) is 0 Å². The molecule has 0 saturated heterocycles. The molecule has 0 fully saturated rings. The summed E-state index contributed by atoms with van der Waals surface area (Å²) in [5, 5.41) is 10.5. The Morgan fingerprint density at radius 2 is 2.15 bits per heavy atom. The number of benzene rings is 1. The van der Waals surface area contributed by atoms with Crippen molar-refractivity contribution in [2.45, 2.75) is 13.3 Å². The number of sulfonamides is 1. The first-order valence-corrected chi connectivity index (χ1v) is 10.4. The predicted molar refractivity (Wildman–Crippen MR) is 97.9 cm³/mol. The molecular formula is C15H14BrClFNO6S. The molecule has 11 heteroatoms. The fraction of sp³-hybridized carbons (Fsp3) is 0.267. The molecule has 1 heterocycles. The molecule has 0 bridgehead atoms. The van der Waals surface area contributed by atoms with Crippen LogP contribution in [0.15, 0.2) is 22.6 Å². The average molecular weight is 471 g/mol. The summed E-state index contributed by atoms with van der Waals surface area (Å²) < 4.78 is 50.5. The summed E-state index contributed by atoms with van der Waals surface area (Å²) in [6.07, 6.45) is 0.306. The number of halogens is 3. The number of hydrogen-bond donors (Lipinski definition) is 2. The number of esters is 1. The highest BCUT2D eigenvalue weighted by molar-refractivity contribution is 9.09. The van der Waals surface area contributed by atoms with Crippen LogP contribution in [0.1, 0.15) is 13.3 Å². The molecule has 2 aromatic rings. The molecule has 1 aromatic heterocycles. The molecule has 7 nitrogen and oxygen atoms in total. The Morgan fingerprint density at radius 3 is 2.77 bits per heavy atom. The molecule has 0 amide bonds. The van der Waals surface area contributed by atoms with Crippen LogP contribution in [0.3, 0.4) is 0 Å². The maximum absolute atomic E-state index is 14.2. The molecule has 0 atom stereocenters. The second-order valence-electron chi connectivity index (χ2n) is 5.10. The number of nitrogens with one attached hydrogen (secondary N) is 1. The minimum absolute atomic E-state index is 0.227. The zero-order valence-electron chi connectivity index (χ0n) is 13.4. The third kappa shape index (κ3) is 4.68. The Bertz CT molecular complexity index is 930. The van der Waals surface area contributed by atoms with Crippen molar-refractivity contribution in [2.24, 2.45) is 0 Å². The molecule has 0 unspecified atom stereocenters. The summed E-state index contributed by atoms with van der Waals surface area (Å²) in [5.74, 6) is -4.24. The maximum atomic E-state index is 14.2. The number of carbonyl (C=O) groups is 1. The van der Waals surface area contributed by atoms with Gasteiger partial charge in [-0.15, -0.1) is 0 Å². The lowest BCUT2D eigenvalue weighted by atomic mass is 10.1. The Balaban J connectivity index is 2.54. The van der Waals surface area contributed by atoms with Gasteiger partial charge >= 0.3 is 5.97 Å². The first-order chi connectivity index (χ1) is 12.2. The Kier molecular flexibility index (Phi) is 6.53. The van der Waals surface area contributed by atoms with Crippen molar-refractivity contribution in [1.82, 2.24) is 0 Å². The van der Waals surface area contributed by atoms with E-state index < -0.39 is 45.0 Å². The summed E-state index contributed by atoms with van der Waals surface area (Å²) in [6, 6.07) is 3.96. The van der Waals surface area contributed by atoms with Gasteiger partial charge in [0.2, 0.25) is 21.5 Å². The predicted octanol–water partition coefficient (Wildman–Crippen LogP) is 3.90. The third-order valence-electron chi connectivity index (χ3n) is 3.08. The molecule has 0 saturated carbocycles. The lowest BCUT2D eigenvalue weighted by Gasteiger charge is -2.06. The first kappa shape index (κ1) is 20.5. The van der Waals surface area contributed by atoms with Crippen LogP contribution in [0, 0.1) is 5.82 Å². The van der Waals surface area contributed by atoms with Crippen LogP contribution >= 0.6 is 27.5 Å². The molecule has 1 aromatic carbocycles. The minimum Gasteiger partial charge on any atom is -0.502 e. The first-order valence-electron chi connectivity index (χ1n) is 7.21. The summed E-state index contributed by atoms with van der Waals surface area (Å²) >= 11 is 8.83. The number of furan rings is 1. The van der Waals surface area contributed by atoms with E-state index in [2.05, 4.69) is 20.7 Å². The highest BCUT2D eigenvalue weighted by Crippen LogP contribution is 2.47. The topological polar surface area (TPSA) is 106 Å². The second kappa shape index (κ2) is 8.28. The van der Waals surface area contributed by atoms with Crippen molar-refractivity contribution in [1.29, 1.82) is 0 Å². The quantitative estimate of drug-likeness (QED) is 0.470. The van der Waals surface area contributed by atoms with E-state index in [9.17, 15) is 22.7 Å². The van der Waals surface area contributed by atoms with E-state index in [1.54, 1.807) is 0 Å². The Hall–Kier alpha value is -1.78. The molecule has 26 heavy (non-hydrogen) atoms. The standard InChI is InChI=1S/C15H14BrClFNO6S/c1-8(20)24-14-12(21)13(9-4-2-5-10(17)11(9)18)25-15(14)19-26(22,23)7-3-6-16/h2,4-5,19,21H,3,6-7H2,1H3. The number of anilines is 1. The fourth-order valence-electron chi connectivity index (χ4n) is 2.01. The average Bonchev–Trinajstić information content (AvgIpc) is 2.84. The van der Waals surface area contributed by atoms with E-state index in [0.29, 0.717) is 11.8 Å². The normalized spacial score (nSPS) is 11.4.